The van der Waals surface area contributed by atoms with Gasteiger partial charge in [-0.1, -0.05) is 124 Å². The molecule has 1 saturated carbocycles. The lowest BCUT2D eigenvalue weighted by Crippen LogP contribution is -2.30. The molecule has 0 bridgehead atoms. The minimum Gasteiger partial charge on any atom is -0.287 e. The molecule has 2 aromatic heterocycles. The maximum atomic E-state index is 5.30. The molecule has 0 saturated heterocycles. The van der Waals surface area contributed by atoms with Crippen LogP contribution in [0.2, 0.25) is 0 Å². The second-order valence-electron chi connectivity index (χ2n) is 11.2. The summed E-state index contributed by atoms with van der Waals surface area (Å²) in [7, 11) is 0. The third kappa shape index (κ3) is 4.71. The van der Waals surface area contributed by atoms with Gasteiger partial charge in [0.05, 0.1) is 17.1 Å². The maximum absolute atomic E-state index is 5.30. The molecule has 2 heterocycles. The van der Waals surface area contributed by atoms with E-state index in [1.165, 1.54) is 36.1 Å². The molecule has 2 aromatic carbocycles. The second-order valence-corrected chi connectivity index (χ2v) is 11.2. The molecule has 39 heavy (non-hydrogen) atoms. The first-order valence-electron chi connectivity index (χ1n) is 14.3. The summed E-state index contributed by atoms with van der Waals surface area (Å²) in [6.45, 7) is 8.55. The van der Waals surface area contributed by atoms with E-state index in [1.54, 1.807) is 0 Å². The maximum Gasteiger partial charge on any atom is 0.235 e. The standard InChI is InChI=1S/C36H37N3/c1-4-6-14-26(5-2)31-25-39-34(29-17-11-8-12-18-29)33(27-15-9-7-10-16-27)38-35(39)37-32(31)28-19-21-30(22-20-28)36(3)23-13-24-36/h4,6-12,14-17,19-22,25-26,29H,1,5,13,18,23-24H2,2-3H3. The molecule has 0 amide bonds. The first-order valence-corrected chi connectivity index (χ1v) is 14.3. The van der Waals surface area contributed by atoms with Crippen molar-refractivity contribution in [2.45, 2.75) is 63.2 Å². The van der Waals surface area contributed by atoms with Gasteiger partial charge in [-0.3, -0.25) is 4.40 Å². The molecule has 6 rings (SSSR count). The highest BCUT2D eigenvalue weighted by Gasteiger charge is 2.33. The van der Waals surface area contributed by atoms with Crippen LogP contribution in [0.25, 0.3) is 28.3 Å². The van der Waals surface area contributed by atoms with Crippen molar-refractivity contribution in [3.05, 3.63) is 127 Å². The van der Waals surface area contributed by atoms with E-state index in [2.05, 4.69) is 122 Å². The zero-order valence-corrected chi connectivity index (χ0v) is 23.1. The number of rotatable bonds is 8. The number of fused-ring (bicyclic) bond motifs is 1. The number of allylic oxidation sites excluding steroid dienone is 7. The van der Waals surface area contributed by atoms with E-state index in [1.807, 2.05) is 6.08 Å². The van der Waals surface area contributed by atoms with Crippen LogP contribution in [-0.2, 0) is 5.41 Å². The predicted molar refractivity (Wildman–Crippen MR) is 163 cm³/mol. The van der Waals surface area contributed by atoms with Crippen LogP contribution in [0.4, 0.5) is 0 Å². The Hall–Kier alpha value is -3.98. The molecule has 1 fully saturated rings. The van der Waals surface area contributed by atoms with Crippen molar-refractivity contribution in [3.63, 3.8) is 0 Å². The molecule has 0 aliphatic heterocycles. The highest BCUT2D eigenvalue weighted by Crippen LogP contribution is 2.44. The minimum absolute atomic E-state index is 0.218. The van der Waals surface area contributed by atoms with Gasteiger partial charge >= 0.3 is 0 Å². The van der Waals surface area contributed by atoms with Crippen LogP contribution in [0.15, 0.2) is 110 Å². The van der Waals surface area contributed by atoms with Crippen LogP contribution in [0.3, 0.4) is 0 Å². The topological polar surface area (TPSA) is 30.2 Å². The Balaban J connectivity index is 1.57. The monoisotopic (exact) mass is 511 g/mol. The molecule has 2 aliphatic carbocycles. The Bertz CT molecular complexity index is 1560. The van der Waals surface area contributed by atoms with Gasteiger partial charge in [0, 0.05) is 34.7 Å². The van der Waals surface area contributed by atoms with Gasteiger partial charge in [0.25, 0.3) is 0 Å². The smallest absolute Gasteiger partial charge is 0.235 e. The third-order valence-electron chi connectivity index (χ3n) is 8.69. The lowest BCUT2D eigenvalue weighted by molar-refractivity contribution is 0.272. The highest BCUT2D eigenvalue weighted by molar-refractivity contribution is 5.71. The molecule has 2 aliphatic rings. The summed E-state index contributed by atoms with van der Waals surface area (Å²) in [4.78, 5) is 10.5. The Morgan fingerprint density at radius 2 is 1.74 bits per heavy atom. The van der Waals surface area contributed by atoms with Crippen LogP contribution in [-0.4, -0.2) is 14.4 Å². The van der Waals surface area contributed by atoms with Crippen molar-refractivity contribution < 1.29 is 0 Å². The van der Waals surface area contributed by atoms with Crippen LogP contribution in [0.1, 0.15) is 74.6 Å². The van der Waals surface area contributed by atoms with Crippen molar-refractivity contribution >= 4 is 5.78 Å². The fraction of sp³-hybridized carbons (Fsp3) is 0.278. The molecule has 0 radical (unpaired) electrons. The largest absolute Gasteiger partial charge is 0.287 e. The summed E-state index contributed by atoms with van der Waals surface area (Å²) in [5, 5.41) is 0. The lowest BCUT2D eigenvalue weighted by Gasteiger charge is -2.39. The molecular formula is C36H37N3. The van der Waals surface area contributed by atoms with E-state index < -0.39 is 0 Å². The Morgan fingerprint density at radius 3 is 2.38 bits per heavy atom. The van der Waals surface area contributed by atoms with Crippen molar-refractivity contribution in [1.82, 2.24) is 14.4 Å². The highest BCUT2D eigenvalue weighted by atomic mass is 15.1. The van der Waals surface area contributed by atoms with E-state index in [4.69, 9.17) is 9.97 Å². The number of hydrogen-bond acceptors (Lipinski definition) is 2. The van der Waals surface area contributed by atoms with Crippen molar-refractivity contribution in [1.29, 1.82) is 0 Å². The first-order chi connectivity index (χ1) is 19.1. The zero-order chi connectivity index (χ0) is 26.8. The molecule has 3 heteroatoms. The molecule has 3 nitrogen and oxygen atoms in total. The predicted octanol–water partition coefficient (Wildman–Crippen LogP) is 9.34. The van der Waals surface area contributed by atoms with Gasteiger partial charge in [-0.05, 0) is 36.7 Å². The summed E-state index contributed by atoms with van der Waals surface area (Å²) >= 11 is 0. The Morgan fingerprint density at radius 1 is 1.00 bits per heavy atom. The van der Waals surface area contributed by atoms with Crippen LogP contribution < -0.4 is 0 Å². The quantitative estimate of drug-likeness (QED) is 0.221. The number of nitrogens with zero attached hydrogens (tertiary/aromatic N) is 3. The zero-order valence-electron chi connectivity index (χ0n) is 23.1. The normalized spacial score (nSPS) is 18.9. The van der Waals surface area contributed by atoms with Crippen LogP contribution >= 0.6 is 0 Å². The van der Waals surface area contributed by atoms with E-state index in [-0.39, 0.29) is 11.8 Å². The van der Waals surface area contributed by atoms with Crippen molar-refractivity contribution in [3.8, 4) is 22.5 Å². The summed E-state index contributed by atoms with van der Waals surface area (Å²) in [5.41, 5.74) is 8.49. The molecule has 2 unspecified atom stereocenters. The van der Waals surface area contributed by atoms with E-state index in [9.17, 15) is 0 Å². The summed E-state index contributed by atoms with van der Waals surface area (Å²) in [5.74, 6) is 1.21. The summed E-state index contributed by atoms with van der Waals surface area (Å²) in [6.07, 6.45) is 23.1. The van der Waals surface area contributed by atoms with Crippen LogP contribution in [0.5, 0.6) is 0 Å². The average molecular weight is 512 g/mol. The molecule has 4 aromatic rings. The van der Waals surface area contributed by atoms with E-state index >= 15 is 0 Å². The Kier molecular flexibility index (Phi) is 6.91. The van der Waals surface area contributed by atoms with Crippen molar-refractivity contribution in [2.75, 3.05) is 0 Å². The number of aromatic nitrogens is 3. The van der Waals surface area contributed by atoms with Crippen molar-refractivity contribution in [2.24, 2.45) is 0 Å². The molecule has 0 spiro atoms. The van der Waals surface area contributed by atoms with Crippen LogP contribution in [0, 0.1) is 0 Å². The first kappa shape index (κ1) is 25.3. The molecule has 196 valence electrons. The number of benzene rings is 2. The van der Waals surface area contributed by atoms with Gasteiger partial charge in [-0.2, -0.15) is 0 Å². The van der Waals surface area contributed by atoms with Gasteiger partial charge in [0.2, 0.25) is 5.78 Å². The van der Waals surface area contributed by atoms with Gasteiger partial charge in [0.1, 0.15) is 0 Å². The summed E-state index contributed by atoms with van der Waals surface area (Å²) < 4.78 is 2.25. The molecular weight excluding hydrogens is 474 g/mol. The van der Waals surface area contributed by atoms with Gasteiger partial charge < -0.3 is 0 Å². The second kappa shape index (κ2) is 10.6. The lowest BCUT2D eigenvalue weighted by atomic mass is 9.66. The fourth-order valence-corrected chi connectivity index (χ4v) is 6.15. The van der Waals surface area contributed by atoms with Gasteiger partial charge in [0.15, 0.2) is 0 Å². The van der Waals surface area contributed by atoms with Gasteiger partial charge in [-0.15, -0.1) is 0 Å². The minimum atomic E-state index is 0.218. The van der Waals surface area contributed by atoms with E-state index in [0.29, 0.717) is 5.41 Å². The molecule has 2 atom stereocenters. The van der Waals surface area contributed by atoms with E-state index in [0.717, 1.165) is 41.1 Å². The fourth-order valence-electron chi connectivity index (χ4n) is 6.15. The SMILES string of the molecule is C=CC=CC(CC)c1cn2c(C3C=CC=CC3)c(-c3ccccc3)nc2nc1-c1ccc(C2(C)CCC2)cc1. The van der Waals surface area contributed by atoms with Gasteiger partial charge in [-0.25, -0.2) is 9.97 Å². The molecule has 0 N–H and O–H groups in total. The third-order valence-corrected chi connectivity index (χ3v) is 8.69. The Labute approximate surface area is 232 Å². The number of imidazole rings is 1. The number of hydrogen-bond donors (Lipinski definition) is 0. The average Bonchev–Trinajstić information content (AvgIpc) is 3.35. The summed E-state index contributed by atoms with van der Waals surface area (Å²) in [6, 6.07) is 19.7.